The average Bonchev–Trinajstić information content (AvgIpc) is 3.58. The van der Waals surface area contributed by atoms with Gasteiger partial charge in [-0.15, -0.1) is 0 Å². The number of carbonyl (C=O) groups excluding carboxylic acids is 2. The van der Waals surface area contributed by atoms with E-state index in [9.17, 15) is 14.7 Å². The number of hydrogen-bond donors (Lipinski definition) is 1. The summed E-state index contributed by atoms with van der Waals surface area (Å²) in [7, 11) is 0. The number of Topliss-reactive ketones (excluding diaryl/α,β-unsaturated/α-hetero) is 1. The molecule has 38 heavy (non-hydrogen) atoms. The van der Waals surface area contributed by atoms with Gasteiger partial charge in [0, 0.05) is 0 Å². The lowest BCUT2D eigenvalue weighted by Gasteiger charge is -2.24. The number of unbranched alkanes of at least 4 members (excludes halogenated alkanes) is 2. The lowest BCUT2D eigenvalue weighted by Crippen LogP contribution is -2.31. The molecule has 0 bridgehead atoms. The normalized spacial score (nSPS) is 15.6. The number of furan rings is 1. The number of ether oxygens (including phenoxy) is 1. The third-order valence-electron chi connectivity index (χ3n) is 6.63. The van der Waals surface area contributed by atoms with Crippen molar-refractivity contribution < 1.29 is 23.8 Å². The number of benzene rings is 2. The molecule has 1 aliphatic heterocycles. The Morgan fingerprint density at radius 1 is 1.13 bits per heavy atom. The van der Waals surface area contributed by atoms with Crippen molar-refractivity contribution >= 4 is 38.4 Å². The SMILES string of the molecule is CCCCCOc1cccc(C2C(C(=O)c3ccc(C)o3)=C(O)C(=O)N2c2nc3c(C)cc(C)cc3s2)c1. The van der Waals surface area contributed by atoms with Gasteiger partial charge >= 0.3 is 0 Å². The van der Waals surface area contributed by atoms with Crippen LogP contribution in [0.3, 0.4) is 0 Å². The van der Waals surface area contributed by atoms with Crippen molar-refractivity contribution in [2.24, 2.45) is 0 Å². The number of rotatable bonds is 9. The van der Waals surface area contributed by atoms with E-state index in [1.54, 1.807) is 19.1 Å². The molecule has 1 aliphatic rings. The number of ketones is 1. The number of carbonyl (C=O) groups is 2. The van der Waals surface area contributed by atoms with Gasteiger partial charge in [0.05, 0.1) is 28.4 Å². The minimum absolute atomic E-state index is 0.0420. The van der Waals surface area contributed by atoms with Crippen LogP contribution in [-0.4, -0.2) is 28.4 Å². The Bertz CT molecular complexity index is 1560. The van der Waals surface area contributed by atoms with Gasteiger partial charge in [-0.1, -0.05) is 49.3 Å². The molecule has 2 aromatic carbocycles. The highest BCUT2D eigenvalue weighted by Crippen LogP contribution is 2.45. The van der Waals surface area contributed by atoms with Crippen LogP contribution in [0.1, 0.15) is 65.2 Å². The summed E-state index contributed by atoms with van der Waals surface area (Å²) in [5.74, 6) is -0.565. The molecule has 0 spiro atoms. The van der Waals surface area contributed by atoms with E-state index in [1.807, 2.05) is 50.2 Å². The van der Waals surface area contributed by atoms with Crippen LogP contribution in [0.5, 0.6) is 5.75 Å². The Hall–Kier alpha value is -3.91. The van der Waals surface area contributed by atoms with Crippen LogP contribution < -0.4 is 9.64 Å². The summed E-state index contributed by atoms with van der Waals surface area (Å²) >= 11 is 1.35. The predicted octanol–water partition coefficient (Wildman–Crippen LogP) is 7.17. The molecule has 1 unspecified atom stereocenters. The van der Waals surface area contributed by atoms with Crippen molar-refractivity contribution in [3.8, 4) is 5.75 Å². The van der Waals surface area contributed by atoms with Gasteiger partial charge in [-0.3, -0.25) is 14.5 Å². The fraction of sp³-hybridized carbons (Fsp3) is 0.300. The second-order valence-corrected chi connectivity index (χ2v) is 10.6. The molecular formula is C30H30N2O5S. The molecule has 1 amide bonds. The predicted molar refractivity (Wildman–Crippen MR) is 148 cm³/mol. The van der Waals surface area contributed by atoms with Crippen molar-refractivity contribution in [3.63, 3.8) is 0 Å². The minimum atomic E-state index is -0.901. The number of fused-ring (bicyclic) bond motifs is 1. The molecule has 0 saturated heterocycles. The van der Waals surface area contributed by atoms with E-state index in [0.717, 1.165) is 40.6 Å². The van der Waals surface area contributed by atoms with Crippen molar-refractivity contribution in [2.45, 2.75) is 53.0 Å². The summed E-state index contributed by atoms with van der Waals surface area (Å²) in [5, 5.41) is 11.5. The van der Waals surface area contributed by atoms with Gasteiger partial charge in [0.1, 0.15) is 11.5 Å². The largest absolute Gasteiger partial charge is 0.503 e. The number of thiazole rings is 1. The molecule has 0 radical (unpaired) electrons. The molecule has 196 valence electrons. The van der Waals surface area contributed by atoms with E-state index in [-0.39, 0.29) is 11.3 Å². The molecule has 7 nitrogen and oxygen atoms in total. The van der Waals surface area contributed by atoms with Gasteiger partial charge in [-0.05, 0) is 74.2 Å². The Morgan fingerprint density at radius 3 is 2.68 bits per heavy atom. The fourth-order valence-corrected chi connectivity index (χ4v) is 5.99. The maximum Gasteiger partial charge on any atom is 0.296 e. The molecule has 8 heteroatoms. The van der Waals surface area contributed by atoms with E-state index in [0.29, 0.717) is 28.8 Å². The summed E-state index contributed by atoms with van der Waals surface area (Å²) in [6, 6.07) is 13.7. The number of aromatic nitrogens is 1. The van der Waals surface area contributed by atoms with Crippen molar-refractivity contribution in [3.05, 3.63) is 88.1 Å². The highest BCUT2D eigenvalue weighted by molar-refractivity contribution is 7.22. The van der Waals surface area contributed by atoms with Crippen LogP contribution in [0.2, 0.25) is 0 Å². The molecule has 3 heterocycles. The van der Waals surface area contributed by atoms with Crippen LogP contribution in [0.15, 0.2) is 64.3 Å². The highest BCUT2D eigenvalue weighted by Gasteiger charge is 2.46. The summed E-state index contributed by atoms with van der Waals surface area (Å²) in [4.78, 5) is 33.4. The van der Waals surface area contributed by atoms with Gasteiger partial charge in [-0.2, -0.15) is 0 Å². The van der Waals surface area contributed by atoms with Gasteiger partial charge < -0.3 is 14.3 Å². The fourth-order valence-electron chi connectivity index (χ4n) is 4.82. The summed E-state index contributed by atoms with van der Waals surface area (Å²) in [6.07, 6.45) is 3.09. The first-order valence-corrected chi connectivity index (χ1v) is 13.6. The molecule has 1 N–H and O–H groups in total. The molecule has 5 rings (SSSR count). The molecule has 4 aromatic rings. The first-order valence-electron chi connectivity index (χ1n) is 12.8. The second-order valence-electron chi connectivity index (χ2n) is 9.63. The van der Waals surface area contributed by atoms with Gasteiger partial charge in [0.15, 0.2) is 16.7 Å². The van der Waals surface area contributed by atoms with Crippen LogP contribution >= 0.6 is 11.3 Å². The number of aryl methyl sites for hydroxylation is 3. The van der Waals surface area contributed by atoms with E-state index in [4.69, 9.17) is 14.1 Å². The summed E-state index contributed by atoms with van der Waals surface area (Å²) in [6.45, 7) is 8.43. The van der Waals surface area contributed by atoms with Gasteiger partial charge in [0.2, 0.25) is 5.78 Å². The second kappa shape index (κ2) is 10.5. The van der Waals surface area contributed by atoms with Crippen molar-refractivity contribution in [1.82, 2.24) is 4.98 Å². The highest BCUT2D eigenvalue weighted by atomic mass is 32.1. The van der Waals surface area contributed by atoms with Crippen LogP contribution in [-0.2, 0) is 4.79 Å². The number of amides is 1. The van der Waals surface area contributed by atoms with E-state index in [1.165, 1.54) is 16.2 Å². The number of anilines is 1. The monoisotopic (exact) mass is 530 g/mol. The number of hydrogen-bond acceptors (Lipinski definition) is 7. The standard InChI is InChI=1S/C30H30N2O5S/c1-5-6-7-13-36-21-10-8-9-20(16-21)26-24(27(33)22-12-11-19(4)37-22)28(34)29(35)32(26)30-31-25-18(3)14-17(2)15-23(25)38-30/h8-12,14-16,26,34H,5-7,13H2,1-4H3. The molecule has 1 atom stereocenters. The topological polar surface area (TPSA) is 92.9 Å². The zero-order chi connectivity index (χ0) is 27.0. The Labute approximate surface area is 225 Å². The zero-order valence-electron chi connectivity index (χ0n) is 21.9. The van der Waals surface area contributed by atoms with Crippen molar-refractivity contribution in [1.29, 1.82) is 0 Å². The van der Waals surface area contributed by atoms with Crippen LogP contribution in [0, 0.1) is 20.8 Å². The zero-order valence-corrected chi connectivity index (χ0v) is 22.7. The average molecular weight is 531 g/mol. The van der Waals surface area contributed by atoms with E-state index < -0.39 is 23.5 Å². The Kier molecular flexibility index (Phi) is 7.08. The third kappa shape index (κ3) is 4.72. The maximum absolute atomic E-state index is 13.6. The lowest BCUT2D eigenvalue weighted by molar-refractivity contribution is -0.117. The number of nitrogens with zero attached hydrogens (tertiary/aromatic N) is 2. The first-order chi connectivity index (χ1) is 18.3. The number of aliphatic hydroxyl groups is 1. The minimum Gasteiger partial charge on any atom is -0.503 e. The third-order valence-corrected chi connectivity index (χ3v) is 7.63. The maximum atomic E-state index is 13.6. The molecule has 0 saturated carbocycles. The van der Waals surface area contributed by atoms with E-state index in [2.05, 4.69) is 6.92 Å². The molecule has 2 aromatic heterocycles. The molecule has 0 fully saturated rings. The molecule has 0 aliphatic carbocycles. The lowest BCUT2D eigenvalue weighted by atomic mass is 9.95. The van der Waals surface area contributed by atoms with E-state index >= 15 is 0 Å². The quantitative estimate of drug-likeness (QED) is 0.182. The smallest absolute Gasteiger partial charge is 0.296 e. The van der Waals surface area contributed by atoms with Gasteiger partial charge in [0.25, 0.3) is 5.91 Å². The number of aliphatic hydroxyl groups excluding tert-OH is 1. The van der Waals surface area contributed by atoms with Crippen LogP contribution in [0.25, 0.3) is 10.2 Å². The Balaban J connectivity index is 1.61. The molecular weight excluding hydrogens is 500 g/mol. The summed E-state index contributed by atoms with van der Waals surface area (Å²) < 4.78 is 12.5. The Morgan fingerprint density at radius 2 is 1.95 bits per heavy atom. The van der Waals surface area contributed by atoms with Crippen molar-refractivity contribution in [2.75, 3.05) is 11.5 Å². The summed E-state index contributed by atoms with van der Waals surface area (Å²) in [5.41, 5.74) is 3.46. The van der Waals surface area contributed by atoms with Crippen LogP contribution in [0.4, 0.5) is 5.13 Å². The first kappa shape index (κ1) is 25.7. The van der Waals surface area contributed by atoms with Gasteiger partial charge in [-0.25, -0.2) is 4.98 Å².